The molecule has 2 rings (SSSR count). The summed E-state index contributed by atoms with van der Waals surface area (Å²) in [5.41, 5.74) is 1.33. The second-order valence-corrected chi connectivity index (χ2v) is 6.31. The Balaban J connectivity index is 2.21. The minimum absolute atomic E-state index is 0.0815. The number of carbonyl (C=O) groups is 1. The molecule has 0 aromatic heterocycles. The molecule has 26 heavy (non-hydrogen) atoms. The number of nitrogens with one attached hydrogen (secondary N) is 1. The standard InChI is InChI=1S/C20H23F2NO3/c1-13(2)11-16(14-7-5-4-6-8-14)23-19(24)15-9-10-17(26-20(21)22)18(12-15)25-3/h4-10,12-13,16,20H,11H2,1-3H3,(H,23,24). The fourth-order valence-electron chi connectivity index (χ4n) is 2.68. The molecule has 140 valence electrons. The Morgan fingerprint density at radius 1 is 1.08 bits per heavy atom. The van der Waals surface area contributed by atoms with E-state index in [1.165, 1.54) is 25.3 Å². The number of halogens is 2. The Morgan fingerprint density at radius 3 is 2.35 bits per heavy atom. The van der Waals surface area contributed by atoms with Crippen LogP contribution in [0.2, 0.25) is 0 Å². The van der Waals surface area contributed by atoms with Crippen LogP contribution in [0.3, 0.4) is 0 Å². The second kappa shape index (κ2) is 9.17. The van der Waals surface area contributed by atoms with Gasteiger partial charge in [-0.3, -0.25) is 4.79 Å². The van der Waals surface area contributed by atoms with Gasteiger partial charge in [-0.15, -0.1) is 0 Å². The molecule has 0 saturated carbocycles. The molecule has 0 fully saturated rings. The van der Waals surface area contributed by atoms with E-state index in [9.17, 15) is 13.6 Å². The van der Waals surface area contributed by atoms with Crippen LogP contribution in [0.4, 0.5) is 8.78 Å². The van der Waals surface area contributed by atoms with Gasteiger partial charge in [-0.25, -0.2) is 0 Å². The van der Waals surface area contributed by atoms with Gasteiger partial charge >= 0.3 is 6.61 Å². The number of benzene rings is 2. The number of ether oxygens (including phenoxy) is 2. The van der Waals surface area contributed by atoms with E-state index in [-0.39, 0.29) is 23.4 Å². The van der Waals surface area contributed by atoms with Crippen LogP contribution in [-0.2, 0) is 0 Å². The molecular formula is C20H23F2NO3. The van der Waals surface area contributed by atoms with Gasteiger partial charge < -0.3 is 14.8 Å². The predicted octanol–water partition coefficient (Wildman–Crippen LogP) is 4.81. The Labute approximate surface area is 152 Å². The number of hydrogen-bond acceptors (Lipinski definition) is 3. The number of methoxy groups -OCH3 is 1. The molecule has 1 unspecified atom stereocenters. The molecule has 1 N–H and O–H groups in total. The smallest absolute Gasteiger partial charge is 0.387 e. The van der Waals surface area contributed by atoms with Crippen molar-refractivity contribution in [3.63, 3.8) is 0 Å². The first-order valence-corrected chi connectivity index (χ1v) is 8.39. The van der Waals surface area contributed by atoms with Crippen LogP contribution in [0.15, 0.2) is 48.5 Å². The molecule has 0 saturated heterocycles. The Kier molecular flexibility index (Phi) is 6.95. The lowest BCUT2D eigenvalue weighted by atomic mass is 9.96. The SMILES string of the molecule is COc1cc(C(=O)NC(CC(C)C)c2ccccc2)ccc1OC(F)F. The average Bonchev–Trinajstić information content (AvgIpc) is 2.61. The summed E-state index contributed by atoms with van der Waals surface area (Å²) >= 11 is 0. The maximum Gasteiger partial charge on any atom is 0.387 e. The molecule has 0 heterocycles. The quantitative estimate of drug-likeness (QED) is 0.732. The zero-order valence-electron chi connectivity index (χ0n) is 15.0. The van der Waals surface area contributed by atoms with Crippen molar-refractivity contribution in [1.29, 1.82) is 0 Å². The molecule has 6 heteroatoms. The van der Waals surface area contributed by atoms with Gasteiger partial charge in [-0.1, -0.05) is 44.2 Å². The summed E-state index contributed by atoms with van der Waals surface area (Å²) in [5, 5.41) is 3.01. The molecule has 2 aromatic carbocycles. The van der Waals surface area contributed by atoms with E-state index in [1.54, 1.807) is 0 Å². The predicted molar refractivity (Wildman–Crippen MR) is 95.7 cm³/mol. The van der Waals surface area contributed by atoms with E-state index < -0.39 is 6.61 Å². The van der Waals surface area contributed by atoms with Gasteiger partial charge in [0.05, 0.1) is 13.2 Å². The number of hydrogen-bond donors (Lipinski definition) is 1. The third-order valence-corrected chi connectivity index (χ3v) is 3.86. The first kappa shape index (κ1) is 19.7. The number of rotatable bonds is 8. The molecule has 0 aliphatic carbocycles. The summed E-state index contributed by atoms with van der Waals surface area (Å²) in [6.45, 7) is 1.21. The van der Waals surface area contributed by atoms with Crippen LogP contribution >= 0.6 is 0 Å². The van der Waals surface area contributed by atoms with Crippen molar-refractivity contribution < 1.29 is 23.0 Å². The molecule has 1 amide bonds. The molecule has 4 nitrogen and oxygen atoms in total. The summed E-state index contributed by atoms with van der Waals surface area (Å²) in [6.07, 6.45) is 0.777. The molecule has 2 aromatic rings. The summed E-state index contributed by atoms with van der Waals surface area (Å²) < 4.78 is 34.3. The minimum atomic E-state index is -2.96. The Bertz CT molecular complexity index is 720. The largest absolute Gasteiger partial charge is 0.493 e. The second-order valence-electron chi connectivity index (χ2n) is 6.31. The maximum absolute atomic E-state index is 12.7. The highest BCUT2D eigenvalue weighted by Crippen LogP contribution is 2.30. The first-order valence-electron chi connectivity index (χ1n) is 8.39. The minimum Gasteiger partial charge on any atom is -0.493 e. The van der Waals surface area contributed by atoms with Gasteiger partial charge in [-0.2, -0.15) is 8.78 Å². The number of amides is 1. The van der Waals surface area contributed by atoms with Crippen LogP contribution in [0.5, 0.6) is 11.5 Å². The van der Waals surface area contributed by atoms with E-state index in [1.807, 2.05) is 30.3 Å². The van der Waals surface area contributed by atoms with Gasteiger partial charge in [-0.05, 0) is 36.1 Å². The van der Waals surface area contributed by atoms with E-state index >= 15 is 0 Å². The third-order valence-electron chi connectivity index (χ3n) is 3.86. The highest BCUT2D eigenvalue weighted by atomic mass is 19.3. The first-order chi connectivity index (χ1) is 12.4. The lowest BCUT2D eigenvalue weighted by Gasteiger charge is -2.21. The molecule has 0 aliphatic rings. The average molecular weight is 363 g/mol. The van der Waals surface area contributed by atoms with Crippen molar-refractivity contribution in [2.24, 2.45) is 5.92 Å². The summed E-state index contributed by atoms with van der Waals surface area (Å²) in [7, 11) is 1.33. The lowest BCUT2D eigenvalue weighted by Crippen LogP contribution is -2.29. The van der Waals surface area contributed by atoms with Gasteiger partial charge in [0.1, 0.15) is 0 Å². The van der Waals surface area contributed by atoms with Crippen LogP contribution in [0, 0.1) is 5.92 Å². The molecule has 0 spiro atoms. The topological polar surface area (TPSA) is 47.6 Å². The van der Waals surface area contributed by atoms with E-state index in [2.05, 4.69) is 23.9 Å². The van der Waals surface area contributed by atoms with Crippen LogP contribution in [0.1, 0.15) is 42.2 Å². The van der Waals surface area contributed by atoms with Gasteiger partial charge in [0.15, 0.2) is 11.5 Å². The fraction of sp³-hybridized carbons (Fsp3) is 0.350. The summed E-state index contributed by atoms with van der Waals surface area (Å²) in [5.74, 6) is 0.0529. The lowest BCUT2D eigenvalue weighted by molar-refractivity contribution is -0.0512. The molecule has 0 radical (unpaired) electrons. The zero-order chi connectivity index (χ0) is 19.1. The zero-order valence-corrected chi connectivity index (χ0v) is 15.0. The highest BCUT2D eigenvalue weighted by Gasteiger charge is 2.19. The highest BCUT2D eigenvalue weighted by molar-refractivity contribution is 5.95. The van der Waals surface area contributed by atoms with E-state index in [0.29, 0.717) is 11.5 Å². The van der Waals surface area contributed by atoms with Crippen molar-refractivity contribution in [3.8, 4) is 11.5 Å². The summed E-state index contributed by atoms with van der Waals surface area (Å²) in [6, 6.07) is 13.7. The van der Waals surface area contributed by atoms with Gasteiger partial charge in [0, 0.05) is 5.56 Å². The maximum atomic E-state index is 12.7. The monoisotopic (exact) mass is 363 g/mol. The third kappa shape index (κ3) is 5.44. The fourth-order valence-corrected chi connectivity index (χ4v) is 2.68. The Morgan fingerprint density at radius 2 is 1.77 bits per heavy atom. The molecule has 0 aliphatic heterocycles. The van der Waals surface area contributed by atoms with Crippen molar-refractivity contribution >= 4 is 5.91 Å². The van der Waals surface area contributed by atoms with Crippen molar-refractivity contribution in [2.75, 3.05) is 7.11 Å². The van der Waals surface area contributed by atoms with Crippen LogP contribution in [-0.4, -0.2) is 19.6 Å². The molecular weight excluding hydrogens is 340 g/mol. The van der Waals surface area contributed by atoms with Gasteiger partial charge in [0.2, 0.25) is 0 Å². The van der Waals surface area contributed by atoms with Gasteiger partial charge in [0.25, 0.3) is 5.91 Å². The van der Waals surface area contributed by atoms with Crippen molar-refractivity contribution in [1.82, 2.24) is 5.32 Å². The number of carbonyl (C=O) groups excluding carboxylic acids is 1. The van der Waals surface area contributed by atoms with Crippen LogP contribution < -0.4 is 14.8 Å². The van der Waals surface area contributed by atoms with Crippen molar-refractivity contribution in [3.05, 3.63) is 59.7 Å². The Hall–Kier alpha value is -2.63. The molecule has 0 bridgehead atoms. The normalized spacial score (nSPS) is 12.1. The summed E-state index contributed by atoms with van der Waals surface area (Å²) in [4.78, 5) is 12.7. The number of alkyl halides is 2. The van der Waals surface area contributed by atoms with Crippen molar-refractivity contribution in [2.45, 2.75) is 32.9 Å². The molecule has 1 atom stereocenters. The van der Waals surface area contributed by atoms with Crippen LogP contribution in [0.25, 0.3) is 0 Å². The van der Waals surface area contributed by atoms with E-state index in [0.717, 1.165) is 12.0 Å². The van der Waals surface area contributed by atoms with E-state index in [4.69, 9.17) is 4.74 Å².